The smallest absolute Gasteiger partial charge is 0.0294 e. The van der Waals surface area contributed by atoms with Crippen LogP contribution in [-0.2, 0) is 0 Å². The highest BCUT2D eigenvalue weighted by molar-refractivity contribution is 9.10. The van der Waals surface area contributed by atoms with Crippen LogP contribution in [0.15, 0.2) is 28.7 Å². The number of nitrogens with one attached hydrogen (secondary N) is 1. The van der Waals surface area contributed by atoms with Gasteiger partial charge >= 0.3 is 0 Å². The molecule has 1 saturated carbocycles. The van der Waals surface area contributed by atoms with Crippen molar-refractivity contribution in [2.75, 3.05) is 0 Å². The van der Waals surface area contributed by atoms with E-state index in [9.17, 15) is 0 Å². The van der Waals surface area contributed by atoms with E-state index in [1.807, 2.05) is 0 Å². The van der Waals surface area contributed by atoms with Crippen molar-refractivity contribution in [2.24, 2.45) is 5.92 Å². The van der Waals surface area contributed by atoms with E-state index in [0.717, 1.165) is 5.92 Å². The van der Waals surface area contributed by atoms with Gasteiger partial charge in [-0.1, -0.05) is 47.8 Å². The normalized spacial score (nSPS) is 26.8. The van der Waals surface area contributed by atoms with Gasteiger partial charge < -0.3 is 5.32 Å². The van der Waals surface area contributed by atoms with Gasteiger partial charge in [-0.15, -0.1) is 0 Å². The molecule has 0 saturated heterocycles. The lowest BCUT2D eigenvalue weighted by Crippen LogP contribution is -2.35. The second-order valence-electron chi connectivity index (χ2n) is 5.41. The van der Waals surface area contributed by atoms with Gasteiger partial charge in [-0.05, 0) is 43.4 Å². The Morgan fingerprint density at radius 2 is 2.18 bits per heavy atom. The molecule has 0 bridgehead atoms. The Morgan fingerprint density at radius 1 is 1.35 bits per heavy atom. The van der Waals surface area contributed by atoms with E-state index in [4.69, 9.17) is 0 Å². The van der Waals surface area contributed by atoms with E-state index < -0.39 is 0 Å². The van der Waals surface area contributed by atoms with Gasteiger partial charge in [0.2, 0.25) is 0 Å². The van der Waals surface area contributed by atoms with Crippen LogP contribution in [0.3, 0.4) is 0 Å². The largest absolute Gasteiger partial charge is 0.307 e. The third-order valence-electron chi connectivity index (χ3n) is 3.77. The molecule has 94 valence electrons. The molecule has 1 fully saturated rings. The zero-order chi connectivity index (χ0) is 12.3. The van der Waals surface area contributed by atoms with E-state index in [2.05, 4.69) is 59.4 Å². The lowest BCUT2D eigenvalue weighted by molar-refractivity contribution is 0.285. The Balaban J connectivity index is 1.94. The first-order valence-corrected chi connectivity index (χ1v) is 7.46. The zero-order valence-electron chi connectivity index (χ0n) is 10.7. The van der Waals surface area contributed by atoms with Crippen molar-refractivity contribution in [2.45, 2.75) is 51.6 Å². The molecule has 1 N–H and O–H groups in total. The Morgan fingerprint density at radius 3 is 2.88 bits per heavy atom. The van der Waals surface area contributed by atoms with E-state index in [1.54, 1.807) is 0 Å². The average Bonchev–Trinajstić information content (AvgIpc) is 2.29. The minimum atomic E-state index is 0.447. The van der Waals surface area contributed by atoms with Crippen LogP contribution in [0, 0.1) is 5.92 Å². The summed E-state index contributed by atoms with van der Waals surface area (Å²) in [5.41, 5.74) is 1.37. The van der Waals surface area contributed by atoms with E-state index >= 15 is 0 Å². The summed E-state index contributed by atoms with van der Waals surface area (Å²) >= 11 is 3.54. The third-order valence-corrected chi connectivity index (χ3v) is 4.26. The molecule has 0 aliphatic heterocycles. The van der Waals surface area contributed by atoms with E-state index in [-0.39, 0.29) is 0 Å². The number of benzene rings is 1. The highest BCUT2D eigenvalue weighted by atomic mass is 79.9. The summed E-state index contributed by atoms with van der Waals surface area (Å²) in [6.07, 6.45) is 5.45. The number of halogens is 1. The van der Waals surface area contributed by atoms with E-state index in [0.29, 0.717) is 12.1 Å². The molecule has 0 amide bonds. The van der Waals surface area contributed by atoms with Crippen molar-refractivity contribution in [3.05, 3.63) is 34.3 Å². The fourth-order valence-corrected chi connectivity index (χ4v) is 3.23. The lowest BCUT2D eigenvalue weighted by Gasteiger charge is -2.30. The second kappa shape index (κ2) is 6.01. The summed E-state index contributed by atoms with van der Waals surface area (Å²) in [7, 11) is 0. The molecule has 3 atom stereocenters. The summed E-state index contributed by atoms with van der Waals surface area (Å²) < 4.78 is 1.17. The zero-order valence-corrected chi connectivity index (χ0v) is 12.3. The number of hydrogen-bond acceptors (Lipinski definition) is 1. The monoisotopic (exact) mass is 295 g/mol. The molecule has 1 aliphatic carbocycles. The van der Waals surface area contributed by atoms with Gasteiger partial charge in [-0.3, -0.25) is 0 Å². The third kappa shape index (κ3) is 3.82. The van der Waals surface area contributed by atoms with Gasteiger partial charge in [-0.2, -0.15) is 0 Å². The second-order valence-corrected chi connectivity index (χ2v) is 6.33. The van der Waals surface area contributed by atoms with Crippen molar-refractivity contribution in [3.63, 3.8) is 0 Å². The van der Waals surface area contributed by atoms with Crippen molar-refractivity contribution < 1.29 is 0 Å². The Bertz CT molecular complexity index is 364. The molecule has 0 radical (unpaired) electrons. The van der Waals surface area contributed by atoms with Gasteiger partial charge in [0, 0.05) is 16.6 Å². The predicted molar refractivity (Wildman–Crippen MR) is 77.1 cm³/mol. The fraction of sp³-hybridized carbons (Fsp3) is 0.600. The first kappa shape index (κ1) is 13.1. The Labute approximate surface area is 113 Å². The maximum absolute atomic E-state index is 3.77. The Hall–Kier alpha value is -0.340. The fourth-order valence-electron chi connectivity index (χ4n) is 2.81. The molecule has 0 aromatic heterocycles. The van der Waals surface area contributed by atoms with Crippen LogP contribution < -0.4 is 5.32 Å². The van der Waals surface area contributed by atoms with Crippen molar-refractivity contribution >= 4 is 15.9 Å². The SMILES string of the molecule is CC1CCCC(N[C@@H](C)c2cccc(Br)c2)C1. The quantitative estimate of drug-likeness (QED) is 0.854. The molecule has 1 aromatic carbocycles. The van der Waals surface area contributed by atoms with Gasteiger partial charge in [0.05, 0.1) is 0 Å². The number of hydrogen-bond donors (Lipinski definition) is 1. The van der Waals surface area contributed by atoms with Gasteiger partial charge in [0.15, 0.2) is 0 Å². The van der Waals surface area contributed by atoms with Crippen LogP contribution in [0.5, 0.6) is 0 Å². The first-order chi connectivity index (χ1) is 8.15. The van der Waals surface area contributed by atoms with Crippen LogP contribution >= 0.6 is 15.9 Å². The summed E-state index contributed by atoms with van der Waals surface area (Å²) in [5.74, 6) is 0.885. The predicted octanol–water partition coefficient (Wildman–Crippen LogP) is 4.68. The number of rotatable bonds is 3. The molecule has 1 nitrogen and oxygen atoms in total. The Kier molecular flexibility index (Phi) is 4.63. The molecule has 1 aromatic rings. The van der Waals surface area contributed by atoms with Gasteiger partial charge in [0.1, 0.15) is 0 Å². The van der Waals surface area contributed by atoms with Crippen molar-refractivity contribution in [3.8, 4) is 0 Å². The van der Waals surface area contributed by atoms with Gasteiger partial charge in [0.25, 0.3) is 0 Å². The van der Waals surface area contributed by atoms with Crippen molar-refractivity contribution in [1.82, 2.24) is 5.32 Å². The van der Waals surface area contributed by atoms with Crippen LogP contribution in [0.1, 0.15) is 51.1 Å². The lowest BCUT2D eigenvalue weighted by atomic mass is 9.86. The maximum Gasteiger partial charge on any atom is 0.0294 e. The molecule has 0 spiro atoms. The standard InChI is InChI=1S/C15H22BrN/c1-11-5-3-8-15(9-11)17-12(2)13-6-4-7-14(16)10-13/h4,6-7,10-12,15,17H,3,5,8-9H2,1-2H3/t11?,12-,15?/m0/s1. The minimum Gasteiger partial charge on any atom is -0.307 e. The minimum absolute atomic E-state index is 0.447. The highest BCUT2D eigenvalue weighted by Gasteiger charge is 2.20. The summed E-state index contributed by atoms with van der Waals surface area (Å²) in [6, 6.07) is 9.76. The molecule has 2 rings (SSSR count). The van der Waals surface area contributed by atoms with Crippen LogP contribution in [0.4, 0.5) is 0 Å². The summed E-state index contributed by atoms with van der Waals surface area (Å²) in [4.78, 5) is 0. The van der Waals surface area contributed by atoms with Crippen molar-refractivity contribution in [1.29, 1.82) is 0 Å². The molecule has 2 unspecified atom stereocenters. The summed E-state index contributed by atoms with van der Waals surface area (Å²) in [5, 5.41) is 3.77. The summed E-state index contributed by atoms with van der Waals surface area (Å²) in [6.45, 7) is 4.64. The van der Waals surface area contributed by atoms with Gasteiger partial charge in [-0.25, -0.2) is 0 Å². The van der Waals surface area contributed by atoms with Crippen LogP contribution in [0.2, 0.25) is 0 Å². The highest BCUT2D eigenvalue weighted by Crippen LogP contribution is 2.26. The molecule has 2 heteroatoms. The first-order valence-electron chi connectivity index (χ1n) is 6.66. The molecule has 17 heavy (non-hydrogen) atoms. The van der Waals surface area contributed by atoms with Crippen LogP contribution in [0.25, 0.3) is 0 Å². The molecule has 1 aliphatic rings. The molecular weight excluding hydrogens is 274 g/mol. The molecule has 0 heterocycles. The average molecular weight is 296 g/mol. The topological polar surface area (TPSA) is 12.0 Å². The van der Waals surface area contributed by atoms with E-state index in [1.165, 1.54) is 35.7 Å². The van der Waals surface area contributed by atoms with Crippen LogP contribution in [-0.4, -0.2) is 6.04 Å². The maximum atomic E-state index is 3.77. The molecular formula is C15H22BrN.